The van der Waals surface area contributed by atoms with E-state index in [1.807, 2.05) is 0 Å². The van der Waals surface area contributed by atoms with Crippen molar-refractivity contribution in [2.45, 2.75) is 51.5 Å². The fourth-order valence-corrected chi connectivity index (χ4v) is 3.80. The lowest BCUT2D eigenvalue weighted by Crippen LogP contribution is -2.66. The van der Waals surface area contributed by atoms with Crippen LogP contribution in [0.3, 0.4) is 0 Å². The van der Waals surface area contributed by atoms with Gasteiger partial charge < -0.3 is 5.32 Å². The third-order valence-electron chi connectivity index (χ3n) is 5.46. The maximum absolute atomic E-state index is 4.32. The zero-order valence-corrected chi connectivity index (χ0v) is 12.4. The molecule has 1 N–H and O–H groups in total. The third kappa shape index (κ3) is 1.82. The molecule has 0 heterocycles. The van der Waals surface area contributed by atoms with Crippen molar-refractivity contribution < 1.29 is 0 Å². The number of hydrogen-bond donors (Lipinski definition) is 1. The fraction of sp³-hybridized carbons (Fsp3) is 0.556. The highest BCUT2D eigenvalue weighted by Crippen LogP contribution is 2.75. The van der Waals surface area contributed by atoms with Crippen LogP contribution in [-0.4, -0.2) is 6.04 Å². The summed E-state index contributed by atoms with van der Waals surface area (Å²) in [5.74, 6) is 0.659. The lowest BCUT2D eigenvalue weighted by Gasteiger charge is -2.72. The van der Waals surface area contributed by atoms with E-state index in [1.165, 1.54) is 30.5 Å². The first-order valence-electron chi connectivity index (χ1n) is 7.49. The standard InChI is InChI=1S/C18H25N/c1-13(2)14(3)19-15(4)17-10-18(11-17,12-17)16-8-6-5-7-9-16/h5-9,13-14,19H,4,10-12H2,1-3H3/t14-,17?,18?/m1/s1. The first kappa shape index (κ1) is 12.8. The highest BCUT2D eigenvalue weighted by Gasteiger charge is 2.69. The van der Waals surface area contributed by atoms with Crippen LogP contribution in [0.2, 0.25) is 0 Å². The summed E-state index contributed by atoms with van der Waals surface area (Å²) in [6.45, 7) is 11.1. The molecule has 19 heavy (non-hydrogen) atoms. The summed E-state index contributed by atoms with van der Waals surface area (Å²) >= 11 is 0. The Morgan fingerprint density at radius 1 is 1.11 bits per heavy atom. The average Bonchev–Trinajstić information content (AvgIpc) is 2.26. The van der Waals surface area contributed by atoms with Gasteiger partial charge in [-0.3, -0.25) is 0 Å². The Hall–Kier alpha value is -1.24. The first-order chi connectivity index (χ1) is 8.97. The minimum atomic E-state index is 0.402. The zero-order chi connectivity index (χ0) is 13.7. The van der Waals surface area contributed by atoms with E-state index in [1.54, 1.807) is 0 Å². The molecule has 3 aliphatic carbocycles. The molecule has 4 rings (SSSR count). The molecule has 102 valence electrons. The van der Waals surface area contributed by atoms with Gasteiger partial charge in [-0.05, 0) is 43.1 Å². The van der Waals surface area contributed by atoms with E-state index in [0.29, 0.717) is 22.8 Å². The van der Waals surface area contributed by atoms with Crippen LogP contribution in [0.5, 0.6) is 0 Å². The SMILES string of the molecule is C=C(N[C@H](C)C(C)C)C12CC(c3ccccc3)(C1)C2. The van der Waals surface area contributed by atoms with Gasteiger partial charge in [0.2, 0.25) is 0 Å². The monoisotopic (exact) mass is 255 g/mol. The second-order valence-corrected chi connectivity index (χ2v) is 7.11. The van der Waals surface area contributed by atoms with Gasteiger partial charge in [0, 0.05) is 17.2 Å². The van der Waals surface area contributed by atoms with Crippen molar-refractivity contribution in [3.8, 4) is 0 Å². The molecule has 3 fully saturated rings. The molecular weight excluding hydrogens is 230 g/mol. The molecular formula is C18H25N. The second kappa shape index (κ2) is 4.13. The smallest absolute Gasteiger partial charge is 0.0252 e. The summed E-state index contributed by atoms with van der Waals surface area (Å²) in [5, 5.41) is 3.63. The molecule has 0 amide bonds. The van der Waals surface area contributed by atoms with Crippen LogP contribution in [0.15, 0.2) is 42.6 Å². The molecule has 0 radical (unpaired) electrons. The van der Waals surface area contributed by atoms with E-state index < -0.39 is 0 Å². The summed E-state index contributed by atoms with van der Waals surface area (Å²) in [4.78, 5) is 0. The number of benzene rings is 1. The average molecular weight is 255 g/mol. The van der Waals surface area contributed by atoms with Crippen LogP contribution in [0.4, 0.5) is 0 Å². The molecule has 0 aromatic heterocycles. The Kier molecular flexibility index (Phi) is 2.78. The van der Waals surface area contributed by atoms with Crippen molar-refractivity contribution in [3.63, 3.8) is 0 Å². The Labute approximate surface area is 117 Å². The van der Waals surface area contributed by atoms with Gasteiger partial charge in [-0.2, -0.15) is 0 Å². The molecule has 0 aliphatic heterocycles. The van der Waals surface area contributed by atoms with Crippen LogP contribution >= 0.6 is 0 Å². The molecule has 3 aliphatic rings. The summed E-state index contributed by atoms with van der Waals surface area (Å²) in [6, 6.07) is 11.5. The lowest BCUT2D eigenvalue weighted by atomic mass is 9.32. The van der Waals surface area contributed by atoms with Crippen LogP contribution < -0.4 is 5.32 Å². The van der Waals surface area contributed by atoms with Crippen molar-refractivity contribution in [1.82, 2.24) is 5.32 Å². The largest absolute Gasteiger partial charge is 0.386 e. The predicted octanol–water partition coefficient (Wildman–Crippen LogP) is 4.26. The highest BCUT2D eigenvalue weighted by atomic mass is 15.0. The van der Waals surface area contributed by atoms with Crippen molar-refractivity contribution in [2.75, 3.05) is 0 Å². The van der Waals surface area contributed by atoms with Gasteiger partial charge >= 0.3 is 0 Å². The predicted molar refractivity (Wildman–Crippen MR) is 81.0 cm³/mol. The van der Waals surface area contributed by atoms with E-state index in [2.05, 4.69) is 63.0 Å². The molecule has 1 nitrogen and oxygen atoms in total. The number of hydrogen-bond acceptors (Lipinski definition) is 1. The molecule has 3 saturated carbocycles. The minimum Gasteiger partial charge on any atom is -0.386 e. The Balaban J connectivity index is 1.63. The highest BCUT2D eigenvalue weighted by molar-refractivity contribution is 5.43. The van der Waals surface area contributed by atoms with Crippen LogP contribution in [0.25, 0.3) is 0 Å². The van der Waals surface area contributed by atoms with Crippen molar-refractivity contribution in [2.24, 2.45) is 11.3 Å². The summed E-state index contributed by atoms with van der Waals surface area (Å²) in [7, 11) is 0. The quantitative estimate of drug-likeness (QED) is 0.829. The maximum Gasteiger partial charge on any atom is 0.0252 e. The van der Waals surface area contributed by atoms with Crippen molar-refractivity contribution in [3.05, 3.63) is 48.2 Å². The Morgan fingerprint density at radius 2 is 1.68 bits per heavy atom. The molecule has 0 spiro atoms. The van der Waals surface area contributed by atoms with E-state index in [-0.39, 0.29) is 0 Å². The second-order valence-electron chi connectivity index (χ2n) is 7.11. The van der Waals surface area contributed by atoms with Crippen molar-refractivity contribution >= 4 is 0 Å². The summed E-state index contributed by atoms with van der Waals surface area (Å²) in [6.07, 6.45) is 3.88. The first-order valence-corrected chi connectivity index (χ1v) is 7.49. The lowest BCUT2D eigenvalue weighted by molar-refractivity contribution is -0.114. The van der Waals surface area contributed by atoms with E-state index in [9.17, 15) is 0 Å². The van der Waals surface area contributed by atoms with E-state index in [4.69, 9.17) is 0 Å². The van der Waals surface area contributed by atoms with Crippen LogP contribution in [0, 0.1) is 11.3 Å². The summed E-state index contributed by atoms with van der Waals surface area (Å²) in [5.41, 5.74) is 3.69. The Morgan fingerprint density at radius 3 is 2.21 bits per heavy atom. The van der Waals surface area contributed by atoms with Crippen LogP contribution in [-0.2, 0) is 5.41 Å². The van der Waals surface area contributed by atoms with E-state index in [0.717, 1.165) is 0 Å². The van der Waals surface area contributed by atoms with Gasteiger partial charge in [0.15, 0.2) is 0 Å². The van der Waals surface area contributed by atoms with Gasteiger partial charge in [-0.15, -0.1) is 0 Å². The maximum atomic E-state index is 4.32. The molecule has 0 unspecified atom stereocenters. The van der Waals surface area contributed by atoms with Gasteiger partial charge in [-0.25, -0.2) is 0 Å². The minimum absolute atomic E-state index is 0.402. The third-order valence-corrected chi connectivity index (χ3v) is 5.46. The number of allylic oxidation sites excluding steroid dienone is 1. The van der Waals surface area contributed by atoms with Gasteiger partial charge in [0.25, 0.3) is 0 Å². The van der Waals surface area contributed by atoms with E-state index >= 15 is 0 Å². The topological polar surface area (TPSA) is 12.0 Å². The molecule has 1 aromatic carbocycles. The molecule has 1 heteroatoms. The molecule has 1 aromatic rings. The van der Waals surface area contributed by atoms with Crippen LogP contribution in [0.1, 0.15) is 45.6 Å². The molecule has 0 saturated heterocycles. The number of rotatable bonds is 5. The zero-order valence-electron chi connectivity index (χ0n) is 12.4. The normalized spacial score (nSPS) is 33.3. The van der Waals surface area contributed by atoms with Gasteiger partial charge in [0.05, 0.1) is 0 Å². The Bertz CT molecular complexity index is 466. The van der Waals surface area contributed by atoms with Crippen molar-refractivity contribution in [1.29, 1.82) is 0 Å². The molecule has 2 bridgehead atoms. The number of nitrogens with one attached hydrogen (secondary N) is 1. The van der Waals surface area contributed by atoms with Gasteiger partial charge in [0.1, 0.15) is 0 Å². The summed E-state index contributed by atoms with van der Waals surface area (Å²) < 4.78 is 0. The molecule has 1 atom stereocenters. The van der Waals surface area contributed by atoms with Gasteiger partial charge in [-0.1, -0.05) is 50.8 Å². The fourth-order valence-electron chi connectivity index (χ4n) is 3.80.